The molecule has 0 saturated heterocycles. The lowest BCUT2D eigenvalue weighted by atomic mass is 9.33. The molecular formula is C54H51BN2O. The number of para-hydroxylation sites is 1. The highest BCUT2D eigenvalue weighted by molar-refractivity contribution is 7.00. The van der Waals surface area contributed by atoms with Gasteiger partial charge in [-0.05, 0) is 127 Å². The monoisotopic (exact) mass is 754 g/mol. The lowest BCUT2D eigenvalue weighted by Gasteiger charge is -2.45. The van der Waals surface area contributed by atoms with Crippen molar-refractivity contribution in [3.63, 3.8) is 0 Å². The summed E-state index contributed by atoms with van der Waals surface area (Å²) in [6.45, 7) is 20.9. The minimum absolute atomic E-state index is 0.00330. The SMILES string of the molecule is CC(C)(C)c1ccc(N2c3cc(C(C)(C)C)ccc3B3c4cc(C(C)(C)C)ccc4N(c4ccc(-c5ccc6c(c5)oc5ccccc56)cc4)c4cccc2c43)cc1. The number of hydrogen-bond donors (Lipinski definition) is 0. The van der Waals surface area contributed by atoms with Crippen LogP contribution in [0.15, 0.2) is 150 Å². The molecular weight excluding hydrogens is 703 g/mol. The normalized spacial score (nSPS) is 13.8. The number of fused-ring (bicyclic) bond motifs is 7. The van der Waals surface area contributed by atoms with E-state index >= 15 is 0 Å². The van der Waals surface area contributed by atoms with E-state index in [0.29, 0.717) is 0 Å². The van der Waals surface area contributed by atoms with Crippen molar-refractivity contribution in [1.29, 1.82) is 0 Å². The second-order valence-corrected chi connectivity index (χ2v) is 19.5. The molecule has 1 aromatic heterocycles. The van der Waals surface area contributed by atoms with Crippen molar-refractivity contribution in [1.82, 2.24) is 0 Å². The van der Waals surface area contributed by atoms with Crippen LogP contribution in [0.5, 0.6) is 0 Å². The van der Waals surface area contributed by atoms with Gasteiger partial charge in [0.05, 0.1) is 0 Å². The van der Waals surface area contributed by atoms with E-state index in [2.05, 4.69) is 206 Å². The van der Waals surface area contributed by atoms with Gasteiger partial charge in [-0.25, -0.2) is 0 Å². The fourth-order valence-electron chi connectivity index (χ4n) is 9.24. The average Bonchev–Trinajstić information content (AvgIpc) is 3.57. The Balaban J connectivity index is 1.16. The first kappa shape index (κ1) is 36.4. The van der Waals surface area contributed by atoms with Crippen molar-refractivity contribution in [2.24, 2.45) is 0 Å². The molecule has 3 heterocycles. The molecule has 0 spiro atoms. The maximum absolute atomic E-state index is 6.28. The van der Waals surface area contributed by atoms with Gasteiger partial charge >= 0.3 is 0 Å². The molecule has 0 aliphatic carbocycles. The molecule has 0 fully saturated rings. The van der Waals surface area contributed by atoms with Gasteiger partial charge in [0.2, 0.25) is 0 Å². The Bertz CT molecular complexity index is 2900. The van der Waals surface area contributed by atoms with E-state index in [1.807, 2.05) is 12.1 Å². The lowest BCUT2D eigenvalue weighted by molar-refractivity contribution is 0.590. The molecule has 8 aromatic rings. The van der Waals surface area contributed by atoms with Crippen LogP contribution in [-0.4, -0.2) is 6.71 Å². The van der Waals surface area contributed by atoms with Gasteiger partial charge < -0.3 is 14.2 Å². The van der Waals surface area contributed by atoms with Crippen molar-refractivity contribution in [2.75, 3.05) is 9.80 Å². The first-order chi connectivity index (χ1) is 27.6. The van der Waals surface area contributed by atoms with Crippen molar-refractivity contribution >= 4 is 79.2 Å². The molecule has 0 saturated carbocycles. The van der Waals surface area contributed by atoms with E-state index in [1.54, 1.807) is 0 Å². The molecule has 0 N–H and O–H groups in total. The molecule has 0 bridgehead atoms. The van der Waals surface area contributed by atoms with Crippen LogP contribution in [0.4, 0.5) is 34.1 Å². The second kappa shape index (κ2) is 12.8. The number of furan rings is 1. The molecule has 2 aliphatic heterocycles. The molecule has 0 atom stereocenters. The number of anilines is 6. The zero-order valence-electron chi connectivity index (χ0n) is 35.2. The Kier molecular flexibility index (Phi) is 7.99. The summed E-state index contributed by atoms with van der Waals surface area (Å²) in [4.78, 5) is 5.03. The topological polar surface area (TPSA) is 19.6 Å². The van der Waals surface area contributed by atoms with Crippen molar-refractivity contribution in [3.8, 4) is 11.1 Å². The molecule has 0 amide bonds. The molecule has 0 radical (unpaired) electrons. The largest absolute Gasteiger partial charge is 0.456 e. The summed E-state index contributed by atoms with van der Waals surface area (Å²) in [7, 11) is 0. The summed E-state index contributed by atoms with van der Waals surface area (Å²) < 4.78 is 6.28. The highest BCUT2D eigenvalue weighted by Crippen LogP contribution is 2.46. The zero-order chi connectivity index (χ0) is 40.3. The Morgan fingerprint density at radius 2 is 0.948 bits per heavy atom. The summed E-state index contributed by atoms with van der Waals surface area (Å²) in [5, 5.41) is 2.30. The molecule has 58 heavy (non-hydrogen) atoms. The van der Waals surface area contributed by atoms with E-state index < -0.39 is 0 Å². The third-order valence-corrected chi connectivity index (χ3v) is 12.6. The molecule has 2 aliphatic rings. The Hall–Kier alpha value is -6.00. The summed E-state index contributed by atoms with van der Waals surface area (Å²) in [5.41, 5.74) is 19.5. The van der Waals surface area contributed by atoms with Gasteiger partial charge in [-0.2, -0.15) is 0 Å². The van der Waals surface area contributed by atoms with Crippen LogP contribution in [0, 0.1) is 0 Å². The van der Waals surface area contributed by atoms with E-state index in [1.165, 1.54) is 61.5 Å². The maximum Gasteiger partial charge on any atom is 0.252 e. The Morgan fingerprint density at radius 3 is 1.62 bits per heavy atom. The number of rotatable bonds is 3. The van der Waals surface area contributed by atoms with Crippen LogP contribution in [0.1, 0.15) is 79.0 Å². The number of nitrogens with zero attached hydrogens (tertiary/aromatic N) is 2. The minimum atomic E-state index is -0.00330. The van der Waals surface area contributed by atoms with Crippen LogP contribution in [0.25, 0.3) is 33.1 Å². The molecule has 0 unspecified atom stereocenters. The first-order valence-corrected chi connectivity index (χ1v) is 20.8. The van der Waals surface area contributed by atoms with Crippen molar-refractivity contribution < 1.29 is 4.42 Å². The van der Waals surface area contributed by atoms with E-state index in [9.17, 15) is 0 Å². The Morgan fingerprint density at radius 1 is 0.397 bits per heavy atom. The first-order valence-electron chi connectivity index (χ1n) is 20.8. The highest BCUT2D eigenvalue weighted by Gasteiger charge is 2.44. The van der Waals surface area contributed by atoms with Crippen LogP contribution in [0.3, 0.4) is 0 Å². The summed E-state index contributed by atoms with van der Waals surface area (Å²) in [5.74, 6) is 0. The quantitative estimate of drug-likeness (QED) is 0.168. The molecule has 3 nitrogen and oxygen atoms in total. The predicted molar refractivity (Wildman–Crippen MR) is 249 cm³/mol. The number of benzene rings is 7. The Labute approximate surface area is 344 Å². The van der Waals surface area contributed by atoms with E-state index in [0.717, 1.165) is 38.8 Å². The smallest absolute Gasteiger partial charge is 0.252 e. The van der Waals surface area contributed by atoms with E-state index in [4.69, 9.17) is 4.42 Å². The maximum atomic E-state index is 6.28. The molecule has 10 rings (SSSR count). The fraction of sp³-hybridized carbons (Fsp3) is 0.222. The van der Waals surface area contributed by atoms with Crippen molar-refractivity contribution in [3.05, 3.63) is 162 Å². The minimum Gasteiger partial charge on any atom is -0.456 e. The summed E-state index contributed by atoms with van der Waals surface area (Å²) >= 11 is 0. The molecule has 7 aromatic carbocycles. The summed E-state index contributed by atoms with van der Waals surface area (Å²) in [6, 6.07) is 54.6. The number of hydrogen-bond acceptors (Lipinski definition) is 3. The molecule has 286 valence electrons. The van der Waals surface area contributed by atoms with Gasteiger partial charge in [-0.15, -0.1) is 0 Å². The predicted octanol–water partition coefficient (Wildman–Crippen LogP) is 13.2. The van der Waals surface area contributed by atoms with Crippen molar-refractivity contribution in [2.45, 2.75) is 78.6 Å². The van der Waals surface area contributed by atoms with Crippen LogP contribution in [0.2, 0.25) is 0 Å². The second-order valence-electron chi connectivity index (χ2n) is 19.5. The van der Waals surface area contributed by atoms with E-state index in [-0.39, 0.29) is 23.0 Å². The van der Waals surface area contributed by atoms with Crippen LogP contribution >= 0.6 is 0 Å². The fourth-order valence-corrected chi connectivity index (χ4v) is 9.24. The zero-order valence-corrected chi connectivity index (χ0v) is 35.2. The lowest BCUT2D eigenvalue weighted by Crippen LogP contribution is -2.61. The van der Waals surface area contributed by atoms with Crippen LogP contribution < -0.4 is 26.2 Å². The standard InChI is InChI=1S/C54H51BN2O/c1-52(2,3)36-20-26-40(27-21-36)57-47-15-12-14-46-51(47)55(43-29-22-38(33-48(43)57)54(7,8)9)44-32-37(53(4,5)6)23-30-45(44)56(46)39-24-17-34(18-25-39)35-19-28-42-41-13-10-11-16-49(41)58-50(42)31-35/h10-33H,1-9H3. The van der Waals surface area contributed by atoms with Crippen LogP contribution in [-0.2, 0) is 16.2 Å². The van der Waals surface area contributed by atoms with Gasteiger partial charge in [0.25, 0.3) is 6.71 Å². The summed E-state index contributed by atoms with van der Waals surface area (Å²) in [6.07, 6.45) is 0. The molecule has 4 heteroatoms. The highest BCUT2D eigenvalue weighted by atomic mass is 16.3. The third-order valence-electron chi connectivity index (χ3n) is 12.6. The van der Waals surface area contributed by atoms with Gasteiger partial charge in [0.15, 0.2) is 0 Å². The van der Waals surface area contributed by atoms with Gasteiger partial charge in [-0.1, -0.05) is 141 Å². The van der Waals surface area contributed by atoms with Gasteiger partial charge in [-0.3, -0.25) is 0 Å². The van der Waals surface area contributed by atoms with Gasteiger partial charge in [0, 0.05) is 44.9 Å². The average molecular weight is 755 g/mol. The third kappa shape index (κ3) is 5.79. The van der Waals surface area contributed by atoms with Gasteiger partial charge in [0.1, 0.15) is 11.2 Å².